The summed E-state index contributed by atoms with van der Waals surface area (Å²) in [4.78, 5) is 11.5. The van der Waals surface area contributed by atoms with Gasteiger partial charge in [-0.25, -0.2) is 28.4 Å². The summed E-state index contributed by atoms with van der Waals surface area (Å²) >= 11 is 0. The Labute approximate surface area is 182 Å². The molecular weight excluding hydrogens is 435 g/mol. The minimum atomic E-state index is -4.31. The van der Waals surface area contributed by atoms with E-state index in [1.165, 1.54) is 0 Å². The maximum atomic E-state index is 13.5. The highest BCUT2D eigenvalue weighted by atomic mass is 32.2. The number of ether oxygens (including phenoxy) is 1. The van der Waals surface area contributed by atoms with Crippen LogP contribution in [0.15, 0.2) is 0 Å². The van der Waals surface area contributed by atoms with Crippen molar-refractivity contribution in [3.05, 3.63) is 0 Å². The highest BCUT2D eigenvalue weighted by molar-refractivity contribution is 7.90. The van der Waals surface area contributed by atoms with Gasteiger partial charge in [-0.3, -0.25) is 0 Å². The second-order valence-corrected chi connectivity index (χ2v) is 11.2. The van der Waals surface area contributed by atoms with Crippen LogP contribution in [0.3, 0.4) is 0 Å². The fourth-order valence-corrected chi connectivity index (χ4v) is 6.70. The second-order valence-electron chi connectivity index (χ2n) is 9.25. The Bertz CT molecular complexity index is 718. The number of hydrogen-bond donors (Lipinski definition) is 2. The Balaban J connectivity index is 1.64. The van der Waals surface area contributed by atoms with Crippen molar-refractivity contribution < 1.29 is 31.1 Å². The Morgan fingerprint density at radius 3 is 2.26 bits per heavy atom. The van der Waals surface area contributed by atoms with Crippen molar-refractivity contribution in [1.82, 2.24) is 15.2 Å². The Kier molecular flexibility index (Phi) is 7.79. The molecule has 1 amide bonds. The van der Waals surface area contributed by atoms with Gasteiger partial charge in [0.15, 0.2) is 0 Å². The van der Waals surface area contributed by atoms with Crippen molar-refractivity contribution in [1.29, 1.82) is 0 Å². The van der Waals surface area contributed by atoms with Crippen molar-refractivity contribution in [3.8, 4) is 0 Å². The number of amides is 1. The van der Waals surface area contributed by atoms with E-state index in [2.05, 4.69) is 17.1 Å². The summed E-state index contributed by atoms with van der Waals surface area (Å²) in [6, 6.07) is -1.88. The molecule has 11 heteroatoms. The van der Waals surface area contributed by atoms with Gasteiger partial charge in [-0.2, -0.15) is 13.2 Å². The van der Waals surface area contributed by atoms with E-state index >= 15 is 0 Å². The van der Waals surface area contributed by atoms with Gasteiger partial charge in [0.25, 0.3) is 0 Å². The highest BCUT2D eigenvalue weighted by Crippen LogP contribution is 2.41. The summed E-state index contributed by atoms with van der Waals surface area (Å²) in [5.41, 5.74) is 2.73. The van der Waals surface area contributed by atoms with Crippen molar-refractivity contribution in [2.24, 2.45) is 11.8 Å². The minimum absolute atomic E-state index is 0.0468. The van der Waals surface area contributed by atoms with Crippen LogP contribution >= 0.6 is 0 Å². The molecule has 0 spiro atoms. The van der Waals surface area contributed by atoms with Gasteiger partial charge in [-0.1, -0.05) is 19.8 Å². The predicted octanol–water partition coefficient (Wildman–Crippen LogP) is 3.71. The van der Waals surface area contributed by atoms with Crippen LogP contribution in [0.4, 0.5) is 18.0 Å². The van der Waals surface area contributed by atoms with Gasteiger partial charge in [0, 0.05) is 12.1 Å². The van der Waals surface area contributed by atoms with Gasteiger partial charge in [0.2, 0.25) is 10.0 Å². The van der Waals surface area contributed by atoms with Crippen LogP contribution in [0.25, 0.3) is 0 Å². The monoisotopic (exact) mass is 469 g/mol. The number of nitrogens with zero attached hydrogens (tertiary/aromatic N) is 1. The van der Waals surface area contributed by atoms with E-state index in [4.69, 9.17) is 0 Å². The zero-order valence-corrected chi connectivity index (χ0v) is 19.0. The van der Waals surface area contributed by atoms with Crippen molar-refractivity contribution in [2.75, 3.05) is 6.61 Å². The first-order valence-electron chi connectivity index (χ1n) is 11.3. The van der Waals surface area contributed by atoms with E-state index in [9.17, 15) is 26.4 Å². The standard InChI is InChI=1S/C20H34F3N3O4S/c1-3-30-19(27)25-31(28,29)16-10-8-15(9-11-16)26-17(12-18(24-26)20(21,22)23)14-6-4-13(2)5-7-14/h13-18,24H,3-12H2,1-2H3,(H,25,27). The lowest BCUT2D eigenvalue weighted by atomic mass is 9.77. The lowest BCUT2D eigenvalue weighted by Crippen LogP contribution is -2.53. The number of hydrazine groups is 1. The smallest absolute Gasteiger partial charge is 0.420 e. The largest absolute Gasteiger partial charge is 0.449 e. The van der Waals surface area contributed by atoms with Crippen molar-refractivity contribution >= 4 is 16.1 Å². The van der Waals surface area contributed by atoms with Crippen LogP contribution in [0.1, 0.15) is 71.6 Å². The molecule has 2 N–H and O–H groups in total. The fraction of sp³-hybridized carbons (Fsp3) is 0.950. The molecule has 0 bridgehead atoms. The molecule has 2 saturated carbocycles. The molecule has 2 aliphatic carbocycles. The summed E-state index contributed by atoms with van der Waals surface area (Å²) in [5, 5.41) is 1.06. The number of halogens is 3. The van der Waals surface area contributed by atoms with Crippen LogP contribution in [0.5, 0.6) is 0 Å². The first-order chi connectivity index (χ1) is 14.5. The number of alkyl halides is 3. The van der Waals surface area contributed by atoms with Crippen molar-refractivity contribution in [3.63, 3.8) is 0 Å². The van der Waals surface area contributed by atoms with Gasteiger partial charge in [-0.15, -0.1) is 0 Å². The Hall–Kier alpha value is -1.07. The van der Waals surface area contributed by atoms with Crippen LogP contribution in [0.2, 0.25) is 0 Å². The van der Waals surface area contributed by atoms with E-state index < -0.39 is 33.6 Å². The SMILES string of the molecule is CCOC(=O)NS(=O)(=O)C1CCC(N2NC(C(F)(F)F)CC2C2CCC(C)CC2)CC1. The molecule has 2 atom stereocenters. The molecule has 7 nitrogen and oxygen atoms in total. The molecule has 3 fully saturated rings. The second kappa shape index (κ2) is 9.82. The van der Waals surface area contributed by atoms with Crippen molar-refractivity contribution in [2.45, 2.75) is 101 Å². The van der Waals surface area contributed by atoms with Gasteiger partial charge in [-0.05, 0) is 63.7 Å². The molecule has 3 rings (SSSR count). The zero-order chi connectivity index (χ0) is 22.8. The van der Waals surface area contributed by atoms with E-state index in [-0.39, 0.29) is 31.0 Å². The van der Waals surface area contributed by atoms with Crippen LogP contribution in [-0.4, -0.2) is 55.7 Å². The summed E-state index contributed by atoms with van der Waals surface area (Å²) in [6.07, 6.45) is 0.202. The van der Waals surface area contributed by atoms with Gasteiger partial charge in [0.05, 0.1) is 11.9 Å². The van der Waals surface area contributed by atoms with Crippen LogP contribution in [-0.2, 0) is 14.8 Å². The normalized spacial score (nSPS) is 35.6. The molecule has 0 aromatic heterocycles. The number of carbonyl (C=O) groups is 1. The van der Waals surface area contributed by atoms with Gasteiger partial charge in [0.1, 0.15) is 6.04 Å². The van der Waals surface area contributed by atoms with Gasteiger partial charge < -0.3 is 4.74 Å². The maximum absolute atomic E-state index is 13.5. The third-order valence-electron chi connectivity index (χ3n) is 7.12. The maximum Gasteiger partial charge on any atom is 0.420 e. The third-order valence-corrected chi connectivity index (χ3v) is 8.92. The molecule has 1 saturated heterocycles. The Morgan fingerprint density at radius 2 is 1.71 bits per heavy atom. The van der Waals surface area contributed by atoms with E-state index in [0.717, 1.165) is 25.7 Å². The summed E-state index contributed by atoms with van der Waals surface area (Å²) in [6.45, 7) is 3.83. The molecule has 3 aliphatic rings. The number of sulfonamides is 1. The molecule has 0 aromatic carbocycles. The molecule has 1 heterocycles. The van der Waals surface area contributed by atoms with Gasteiger partial charge >= 0.3 is 12.3 Å². The predicted molar refractivity (Wildman–Crippen MR) is 109 cm³/mol. The average molecular weight is 470 g/mol. The highest BCUT2D eigenvalue weighted by Gasteiger charge is 2.51. The van der Waals surface area contributed by atoms with E-state index in [1.807, 2.05) is 4.72 Å². The summed E-state index contributed by atoms with van der Waals surface area (Å²) in [7, 11) is -3.87. The molecular formula is C20H34F3N3O4S. The lowest BCUT2D eigenvalue weighted by Gasteiger charge is -2.41. The molecule has 2 unspecified atom stereocenters. The fourth-order valence-electron chi connectivity index (χ4n) is 5.35. The van der Waals surface area contributed by atoms with Crippen LogP contribution < -0.4 is 10.1 Å². The molecule has 180 valence electrons. The number of rotatable bonds is 5. The average Bonchev–Trinajstić information content (AvgIpc) is 3.14. The first kappa shape index (κ1) is 24.6. The van der Waals surface area contributed by atoms with Crippen LogP contribution in [0, 0.1) is 11.8 Å². The quantitative estimate of drug-likeness (QED) is 0.638. The number of hydrogen-bond acceptors (Lipinski definition) is 6. The summed E-state index contributed by atoms with van der Waals surface area (Å²) in [5.74, 6) is 0.841. The molecule has 0 radical (unpaired) electrons. The third kappa shape index (κ3) is 6.04. The minimum Gasteiger partial charge on any atom is -0.449 e. The number of carbonyl (C=O) groups excluding carboxylic acids is 1. The molecule has 1 aliphatic heterocycles. The van der Waals surface area contributed by atoms with E-state index in [0.29, 0.717) is 31.6 Å². The lowest BCUT2D eigenvalue weighted by molar-refractivity contribution is -0.158. The topological polar surface area (TPSA) is 87.7 Å². The molecule has 0 aromatic rings. The number of nitrogens with one attached hydrogen (secondary N) is 2. The Morgan fingerprint density at radius 1 is 1.10 bits per heavy atom. The first-order valence-corrected chi connectivity index (χ1v) is 12.9. The summed E-state index contributed by atoms with van der Waals surface area (Å²) < 4.78 is 71.9. The van der Waals surface area contributed by atoms with E-state index in [1.54, 1.807) is 11.9 Å². The molecule has 31 heavy (non-hydrogen) atoms. The zero-order valence-electron chi connectivity index (χ0n) is 18.2.